The third-order valence-electron chi connectivity index (χ3n) is 8.80. The van der Waals surface area contributed by atoms with Gasteiger partial charge in [0.25, 0.3) is 11.1 Å². The molecule has 6 rings (SSSR count). The molecule has 0 radical (unpaired) electrons. The summed E-state index contributed by atoms with van der Waals surface area (Å²) in [6.07, 6.45) is 0.925. The van der Waals surface area contributed by atoms with Gasteiger partial charge in [0.15, 0.2) is 0 Å². The summed E-state index contributed by atoms with van der Waals surface area (Å²) in [5, 5.41) is 3.37. The molecule has 0 fully saturated rings. The number of nitrogens with zero attached hydrogens (tertiary/aromatic N) is 3. The number of halogens is 2. The topological polar surface area (TPSA) is 76.3 Å². The van der Waals surface area contributed by atoms with Crippen LogP contribution in [0.15, 0.2) is 70.3 Å². The average molecular weight is 615 g/mol. The fourth-order valence-corrected chi connectivity index (χ4v) is 6.68. The van der Waals surface area contributed by atoms with Gasteiger partial charge >= 0.3 is 0 Å². The van der Waals surface area contributed by atoms with E-state index in [9.17, 15) is 23.2 Å². The third kappa shape index (κ3) is 6.21. The van der Waals surface area contributed by atoms with Crippen LogP contribution in [0.25, 0.3) is 0 Å². The fraction of sp³-hybridized carbons (Fsp3) is 0.361. The second-order valence-electron chi connectivity index (χ2n) is 13.4. The highest BCUT2D eigenvalue weighted by Crippen LogP contribution is 2.40. The quantitative estimate of drug-likeness (QED) is 0.326. The van der Waals surface area contributed by atoms with Crippen molar-refractivity contribution >= 4 is 17.3 Å². The first-order chi connectivity index (χ1) is 21.1. The maximum atomic E-state index is 13.1. The standard InChI is InChI=1S/C19H21FN2O2.C17H19FN2O/c1-12(23)22-11-19(2,3)17-16(22)10-14(18(24)21(17)4)9-13-5-7-15(20)8-6-13;1-17(2)10-19-14-9-12(16(21)20(3)15(14)17)8-11-4-6-13(18)7-5-11/h5-8,10H,9,11H2,1-4H3;4-7,9,19H,8,10H2,1-3H3. The minimum Gasteiger partial charge on any atom is -0.383 e. The summed E-state index contributed by atoms with van der Waals surface area (Å²) in [6.45, 7) is 11.3. The van der Waals surface area contributed by atoms with Crippen molar-refractivity contribution in [2.24, 2.45) is 14.1 Å². The molecule has 45 heavy (non-hydrogen) atoms. The van der Waals surface area contributed by atoms with Crippen molar-refractivity contribution in [1.82, 2.24) is 9.13 Å². The zero-order chi connectivity index (χ0) is 32.8. The van der Waals surface area contributed by atoms with Gasteiger partial charge < -0.3 is 19.4 Å². The zero-order valence-electron chi connectivity index (χ0n) is 26.9. The highest BCUT2D eigenvalue weighted by molar-refractivity contribution is 5.94. The smallest absolute Gasteiger partial charge is 0.254 e. The number of anilines is 2. The molecule has 9 heteroatoms. The summed E-state index contributed by atoms with van der Waals surface area (Å²) < 4.78 is 29.4. The predicted octanol–water partition coefficient (Wildman–Crippen LogP) is 5.58. The van der Waals surface area contributed by atoms with Gasteiger partial charge in [-0.25, -0.2) is 8.78 Å². The van der Waals surface area contributed by atoms with Crippen LogP contribution in [0.1, 0.15) is 68.3 Å². The molecular weight excluding hydrogens is 574 g/mol. The van der Waals surface area contributed by atoms with E-state index in [0.29, 0.717) is 24.9 Å². The fourth-order valence-electron chi connectivity index (χ4n) is 6.68. The maximum Gasteiger partial charge on any atom is 0.254 e. The number of amides is 1. The Labute approximate surface area is 262 Å². The Balaban J connectivity index is 0.000000179. The van der Waals surface area contributed by atoms with Crippen LogP contribution in [0.2, 0.25) is 0 Å². The summed E-state index contributed by atoms with van der Waals surface area (Å²) in [6, 6.07) is 16.2. The SMILES string of the molecule is CC(=O)N1CC(C)(C)c2c1cc(Cc1ccc(F)cc1)c(=O)n2C.Cn1c2c(cc(Cc3ccc(F)cc3)c1=O)NCC2(C)C. The maximum absolute atomic E-state index is 13.1. The Morgan fingerprint density at radius 2 is 1.22 bits per heavy atom. The number of benzene rings is 2. The van der Waals surface area contributed by atoms with Gasteiger partial charge in [0.05, 0.1) is 22.8 Å². The van der Waals surface area contributed by atoms with Crippen LogP contribution in [-0.2, 0) is 42.6 Å². The minimum absolute atomic E-state index is 0.0230. The highest BCUT2D eigenvalue weighted by Gasteiger charge is 2.40. The number of aromatic nitrogens is 2. The van der Waals surface area contributed by atoms with Gasteiger partial charge in [-0.3, -0.25) is 14.4 Å². The van der Waals surface area contributed by atoms with Gasteiger partial charge in [-0.05, 0) is 47.5 Å². The molecule has 0 bridgehead atoms. The molecule has 1 N–H and O–H groups in total. The average Bonchev–Trinajstić information content (AvgIpc) is 3.44. The van der Waals surface area contributed by atoms with Crippen molar-refractivity contribution in [3.63, 3.8) is 0 Å². The minimum atomic E-state index is -0.301. The largest absolute Gasteiger partial charge is 0.383 e. The zero-order valence-corrected chi connectivity index (χ0v) is 26.9. The summed E-state index contributed by atoms with van der Waals surface area (Å²) in [7, 11) is 3.57. The lowest BCUT2D eigenvalue weighted by Gasteiger charge is -2.20. The van der Waals surface area contributed by atoms with Crippen molar-refractivity contribution in [2.75, 3.05) is 23.3 Å². The van der Waals surface area contributed by atoms with Gasteiger partial charge in [-0.15, -0.1) is 0 Å². The van der Waals surface area contributed by atoms with E-state index in [4.69, 9.17) is 0 Å². The van der Waals surface area contributed by atoms with E-state index in [2.05, 4.69) is 19.2 Å². The van der Waals surface area contributed by atoms with Crippen LogP contribution in [0, 0.1) is 11.6 Å². The number of hydrogen-bond acceptors (Lipinski definition) is 4. The number of carbonyl (C=O) groups is 1. The molecule has 2 aromatic carbocycles. The molecule has 0 unspecified atom stereocenters. The van der Waals surface area contributed by atoms with Gasteiger partial charge in [0.2, 0.25) is 5.91 Å². The molecule has 2 aliphatic heterocycles. The van der Waals surface area contributed by atoms with E-state index in [1.807, 2.05) is 33.0 Å². The second-order valence-corrected chi connectivity index (χ2v) is 13.4. The Hall–Kier alpha value is -4.53. The number of hydrogen-bond donors (Lipinski definition) is 1. The molecule has 2 aliphatic rings. The van der Waals surface area contributed by atoms with Gasteiger partial charge in [-0.1, -0.05) is 52.0 Å². The predicted molar refractivity (Wildman–Crippen MR) is 174 cm³/mol. The van der Waals surface area contributed by atoms with Crippen molar-refractivity contribution in [3.8, 4) is 0 Å². The van der Waals surface area contributed by atoms with Crippen LogP contribution < -0.4 is 21.3 Å². The first kappa shape index (κ1) is 31.9. The van der Waals surface area contributed by atoms with Crippen LogP contribution in [0.3, 0.4) is 0 Å². The van der Waals surface area contributed by atoms with E-state index in [0.717, 1.165) is 46.0 Å². The molecule has 1 amide bonds. The number of nitrogens with one attached hydrogen (secondary N) is 1. The highest BCUT2D eigenvalue weighted by atomic mass is 19.1. The Kier molecular flexibility index (Phi) is 8.33. The molecule has 236 valence electrons. The first-order valence-electron chi connectivity index (χ1n) is 15.1. The number of carbonyl (C=O) groups excluding carboxylic acids is 1. The van der Waals surface area contributed by atoms with Crippen LogP contribution in [0.4, 0.5) is 20.2 Å². The monoisotopic (exact) mass is 614 g/mol. The summed E-state index contributed by atoms with van der Waals surface area (Å²) in [5.74, 6) is -0.595. The van der Waals surface area contributed by atoms with E-state index < -0.39 is 0 Å². The number of pyridine rings is 2. The van der Waals surface area contributed by atoms with Crippen LogP contribution in [0.5, 0.6) is 0 Å². The van der Waals surface area contributed by atoms with Crippen molar-refractivity contribution in [2.45, 2.75) is 58.3 Å². The summed E-state index contributed by atoms with van der Waals surface area (Å²) in [5.41, 5.74) is 6.52. The lowest BCUT2D eigenvalue weighted by atomic mass is 9.90. The van der Waals surface area contributed by atoms with E-state index in [1.54, 1.807) is 45.3 Å². The molecule has 0 saturated carbocycles. The number of rotatable bonds is 4. The molecular formula is C36H40F2N4O3. The molecule has 0 atom stereocenters. The van der Waals surface area contributed by atoms with Crippen LogP contribution >= 0.6 is 0 Å². The molecule has 4 heterocycles. The van der Waals surface area contributed by atoms with Crippen molar-refractivity contribution < 1.29 is 13.6 Å². The molecule has 2 aromatic heterocycles. The van der Waals surface area contributed by atoms with Crippen LogP contribution in [-0.4, -0.2) is 28.1 Å². The lowest BCUT2D eigenvalue weighted by molar-refractivity contribution is -0.116. The summed E-state index contributed by atoms with van der Waals surface area (Å²) in [4.78, 5) is 39.0. The molecule has 4 aromatic rings. The van der Waals surface area contributed by atoms with Gasteiger partial charge in [0, 0.05) is 68.9 Å². The van der Waals surface area contributed by atoms with E-state index in [1.165, 1.54) is 31.2 Å². The Morgan fingerprint density at radius 3 is 1.71 bits per heavy atom. The lowest BCUT2D eigenvalue weighted by Crippen LogP contribution is -2.32. The number of fused-ring (bicyclic) bond motifs is 2. The normalized spacial score (nSPS) is 15.5. The Morgan fingerprint density at radius 1 is 0.756 bits per heavy atom. The van der Waals surface area contributed by atoms with Gasteiger partial charge in [-0.2, -0.15) is 0 Å². The summed E-state index contributed by atoms with van der Waals surface area (Å²) >= 11 is 0. The Bertz CT molecular complexity index is 1890. The van der Waals surface area contributed by atoms with E-state index in [-0.39, 0.29) is 39.5 Å². The molecule has 0 aliphatic carbocycles. The third-order valence-corrected chi connectivity index (χ3v) is 8.80. The van der Waals surface area contributed by atoms with Gasteiger partial charge in [0.1, 0.15) is 11.6 Å². The second kappa shape index (κ2) is 11.8. The van der Waals surface area contributed by atoms with Crippen molar-refractivity contribution in [1.29, 1.82) is 0 Å². The molecule has 0 saturated heterocycles. The molecule has 7 nitrogen and oxygen atoms in total. The first-order valence-corrected chi connectivity index (χ1v) is 15.1. The van der Waals surface area contributed by atoms with Crippen molar-refractivity contribution in [3.05, 3.63) is 127 Å². The van der Waals surface area contributed by atoms with E-state index >= 15 is 0 Å². The molecule has 0 spiro atoms.